The number of carbonyl (C=O) groups is 1. The summed E-state index contributed by atoms with van der Waals surface area (Å²) in [6, 6.07) is 18.1. The Kier molecular flexibility index (Phi) is 5.24. The van der Waals surface area contributed by atoms with Crippen molar-refractivity contribution in [1.29, 1.82) is 0 Å². The number of nitrogens with zero attached hydrogens (tertiary/aromatic N) is 1. The largest absolute Gasteiger partial charge is 0.497 e. The smallest absolute Gasteiger partial charge is 0.233 e. The lowest BCUT2D eigenvalue weighted by Crippen LogP contribution is -2.27. The second-order valence-electron chi connectivity index (χ2n) is 5.63. The van der Waals surface area contributed by atoms with Gasteiger partial charge in [-0.05, 0) is 36.2 Å². The number of ether oxygens (including phenoxy) is 1. The van der Waals surface area contributed by atoms with Crippen LogP contribution in [0.25, 0.3) is 22.0 Å². The van der Waals surface area contributed by atoms with Gasteiger partial charge >= 0.3 is 0 Å². The van der Waals surface area contributed by atoms with Crippen LogP contribution in [-0.2, 0) is 4.79 Å². The first-order valence-electron chi connectivity index (χ1n) is 8.05. The van der Waals surface area contributed by atoms with E-state index in [9.17, 15) is 4.79 Å². The summed E-state index contributed by atoms with van der Waals surface area (Å²) >= 11 is 1.45. The monoisotopic (exact) mass is 352 g/mol. The zero-order valence-electron chi connectivity index (χ0n) is 14.4. The highest BCUT2D eigenvalue weighted by molar-refractivity contribution is 8.00. The molecule has 25 heavy (non-hydrogen) atoms. The highest BCUT2D eigenvalue weighted by Crippen LogP contribution is 2.34. The molecule has 1 heterocycles. The number of carbonyl (C=O) groups excluding carboxylic acids is 1. The summed E-state index contributed by atoms with van der Waals surface area (Å²) in [5, 5.41) is 4.34. The van der Waals surface area contributed by atoms with Gasteiger partial charge in [-0.3, -0.25) is 4.79 Å². The van der Waals surface area contributed by atoms with Crippen molar-refractivity contribution in [3.05, 3.63) is 54.6 Å². The molecule has 2 aromatic carbocycles. The van der Waals surface area contributed by atoms with Crippen LogP contribution < -0.4 is 10.1 Å². The lowest BCUT2D eigenvalue weighted by molar-refractivity contribution is -0.119. The van der Waals surface area contributed by atoms with Gasteiger partial charge in [0, 0.05) is 18.5 Å². The van der Waals surface area contributed by atoms with Crippen LogP contribution in [0.15, 0.2) is 59.6 Å². The average molecular weight is 352 g/mol. The minimum absolute atomic E-state index is 0.0150. The van der Waals surface area contributed by atoms with Crippen LogP contribution >= 0.6 is 11.8 Å². The number of nitrogens with one attached hydrogen (secondary N) is 1. The van der Waals surface area contributed by atoms with E-state index in [2.05, 4.69) is 17.4 Å². The zero-order chi connectivity index (χ0) is 17.8. The fourth-order valence-corrected chi connectivity index (χ4v) is 3.59. The van der Waals surface area contributed by atoms with Crippen LogP contribution in [0.4, 0.5) is 0 Å². The number of methoxy groups -OCH3 is 1. The molecule has 0 saturated carbocycles. The number of hydrogen-bond donors (Lipinski definition) is 1. The topological polar surface area (TPSA) is 51.2 Å². The minimum Gasteiger partial charge on any atom is -0.497 e. The number of amides is 1. The van der Waals surface area contributed by atoms with Crippen molar-refractivity contribution >= 4 is 28.6 Å². The Balaban J connectivity index is 2.13. The first-order valence-corrected chi connectivity index (χ1v) is 8.93. The lowest BCUT2D eigenvalue weighted by Gasteiger charge is -2.13. The van der Waals surface area contributed by atoms with Crippen molar-refractivity contribution in [2.75, 3.05) is 14.2 Å². The molecule has 0 spiro atoms. The number of benzene rings is 2. The lowest BCUT2D eigenvalue weighted by atomic mass is 10.0. The molecule has 0 aliphatic heterocycles. The molecule has 3 rings (SSSR count). The van der Waals surface area contributed by atoms with E-state index in [0.717, 1.165) is 32.8 Å². The predicted molar refractivity (Wildman–Crippen MR) is 103 cm³/mol. The molecule has 1 atom stereocenters. The predicted octanol–water partition coefficient (Wildman–Crippen LogP) is 4.14. The van der Waals surface area contributed by atoms with Gasteiger partial charge in [0.1, 0.15) is 5.75 Å². The molecule has 1 N–H and O–H groups in total. The summed E-state index contributed by atoms with van der Waals surface area (Å²) in [6.45, 7) is 1.88. The molecule has 4 nitrogen and oxygen atoms in total. The summed E-state index contributed by atoms with van der Waals surface area (Å²) < 4.78 is 5.33. The van der Waals surface area contributed by atoms with Crippen LogP contribution in [0.3, 0.4) is 0 Å². The van der Waals surface area contributed by atoms with Gasteiger partial charge in [0.2, 0.25) is 5.91 Å². The summed E-state index contributed by atoms with van der Waals surface area (Å²) in [4.78, 5) is 16.6. The Morgan fingerprint density at radius 1 is 1.16 bits per heavy atom. The van der Waals surface area contributed by atoms with E-state index >= 15 is 0 Å². The van der Waals surface area contributed by atoms with E-state index < -0.39 is 0 Å². The van der Waals surface area contributed by atoms with Crippen LogP contribution in [-0.4, -0.2) is 30.3 Å². The quantitative estimate of drug-likeness (QED) is 0.701. The van der Waals surface area contributed by atoms with Crippen molar-refractivity contribution in [2.45, 2.75) is 17.2 Å². The first-order chi connectivity index (χ1) is 12.1. The maximum Gasteiger partial charge on any atom is 0.233 e. The number of rotatable bonds is 5. The van der Waals surface area contributed by atoms with Crippen LogP contribution in [0.1, 0.15) is 6.92 Å². The Morgan fingerprint density at radius 3 is 2.60 bits per heavy atom. The zero-order valence-corrected chi connectivity index (χ0v) is 15.3. The maximum absolute atomic E-state index is 11.9. The molecule has 0 radical (unpaired) electrons. The van der Waals surface area contributed by atoms with E-state index in [1.54, 1.807) is 14.2 Å². The number of fused-ring (bicyclic) bond motifs is 1. The average Bonchev–Trinajstić information content (AvgIpc) is 2.66. The summed E-state index contributed by atoms with van der Waals surface area (Å²) in [5.41, 5.74) is 3.07. The summed E-state index contributed by atoms with van der Waals surface area (Å²) in [5.74, 6) is 0.749. The molecular weight excluding hydrogens is 332 g/mol. The van der Waals surface area contributed by atoms with Gasteiger partial charge in [0.25, 0.3) is 0 Å². The molecule has 1 unspecified atom stereocenters. The number of thioether (sulfide) groups is 1. The normalized spacial score (nSPS) is 12.0. The Morgan fingerprint density at radius 2 is 1.92 bits per heavy atom. The first kappa shape index (κ1) is 17.3. The second-order valence-corrected chi connectivity index (χ2v) is 6.99. The molecule has 128 valence electrons. The van der Waals surface area contributed by atoms with Gasteiger partial charge in [-0.25, -0.2) is 4.98 Å². The molecule has 0 saturated heterocycles. The number of aromatic nitrogens is 1. The molecule has 3 aromatic rings. The third kappa shape index (κ3) is 3.77. The highest BCUT2D eigenvalue weighted by atomic mass is 32.2. The molecule has 0 aliphatic carbocycles. The van der Waals surface area contributed by atoms with E-state index in [4.69, 9.17) is 9.72 Å². The third-order valence-electron chi connectivity index (χ3n) is 3.99. The Hall–Kier alpha value is -2.53. The van der Waals surface area contributed by atoms with Crippen LogP contribution in [0, 0.1) is 0 Å². The summed E-state index contributed by atoms with van der Waals surface area (Å²) in [6.07, 6.45) is 0. The molecule has 1 amide bonds. The Bertz CT molecular complexity index is 897. The van der Waals surface area contributed by atoms with Crippen molar-refractivity contribution < 1.29 is 9.53 Å². The summed E-state index contributed by atoms with van der Waals surface area (Å²) in [7, 11) is 3.29. The van der Waals surface area contributed by atoms with Gasteiger partial charge in [0.05, 0.1) is 22.9 Å². The second kappa shape index (κ2) is 7.57. The van der Waals surface area contributed by atoms with E-state index in [1.165, 1.54) is 11.8 Å². The van der Waals surface area contributed by atoms with Crippen LogP contribution in [0.5, 0.6) is 5.75 Å². The van der Waals surface area contributed by atoms with Crippen molar-refractivity contribution in [1.82, 2.24) is 10.3 Å². The van der Waals surface area contributed by atoms with Crippen LogP contribution in [0.2, 0.25) is 0 Å². The van der Waals surface area contributed by atoms with E-state index in [1.807, 2.05) is 49.4 Å². The molecule has 0 bridgehead atoms. The van der Waals surface area contributed by atoms with E-state index in [0.29, 0.717) is 0 Å². The van der Waals surface area contributed by atoms with Gasteiger partial charge in [-0.1, -0.05) is 42.1 Å². The SMILES string of the molecule is CNC(=O)C(C)Sc1cc(-c2ccccc2)c2ccc(OC)cc2n1. The number of hydrogen-bond acceptors (Lipinski definition) is 4. The molecule has 0 aliphatic rings. The fourth-order valence-electron chi connectivity index (χ4n) is 2.67. The minimum atomic E-state index is -0.218. The van der Waals surface area contributed by atoms with E-state index in [-0.39, 0.29) is 11.2 Å². The molecule has 5 heteroatoms. The van der Waals surface area contributed by atoms with Crippen molar-refractivity contribution in [3.8, 4) is 16.9 Å². The van der Waals surface area contributed by atoms with Gasteiger partial charge in [-0.15, -0.1) is 0 Å². The number of pyridine rings is 1. The molecule has 0 fully saturated rings. The van der Waals surface area contributed by atoms with Crippen molar-refractivity contribution in [3.63, 3.8) is 0 Å². The Labute approximate surface area is 151 Å². The van der Waals surface area contributed by atoms with Gasteiger partial charge < -0.3 is 10.1 Å². The standard InChI is InChI=1S/C20H20N2O2S/c1-13(20(23)21-2)25-19-12-17(14-7-5-4-6-8-14)16-10-9-15(24-3)11-18(16)22-19/h4-13H,1-3H3,(H,21,23). The fraction of sp³-hybridized carbons (Fsp3) is 0.200. The van der Waals surface area contributed by atoms with Gasteiger partial charge in [0.15, 0.2) is 0 Å². The molecule has 1 aromatic heterocycles. The highest BCUT2D eigenvalue weighted by Gasteiger charge is 2.16. The molecular formula is C20H20N2O2S. The van der Waals surface area contributed by atoms with Crippen molar-refractivity contribution in [2.24, 2.45) is 0 Å². The third-order valence-corrected chi connectivity index (χ3v) is 5.01. The maximum atomic E-state index is 11.9. The van der Waals surface area contributed by atoms with Gasteiger partial charge in [-0.2, -0.15) is 0 Å².